The highest BCUT2D eigenvalue weighted by molar-refractivity contribution is 9.10. The number of nitrogens with one attached hydrogen (secondary N) is 1. The van der Waals surface area contributed by atoms with Crippen LogP contribution < -0.4 is 5.32 Å². The number of amides is 1. The topological polar surface area (TPSA) is 29.1 Å². The summed E-state index contributed by atoms with van der Waals surface area (Å²) in [6.07, 6.45) is 0. The lowest BCUT2D eigenvalue weighted by Gasteiger charge is -2.17. The Kier molecular flexibility index (Phi) is 6.06. The average Bonchev–Trinajstić information content (AvgIpc) is 2.28. The maximum Gasteiger partial charge on any atom is 0.230 e. The number of hydrogen-bond acceptors (Lipinski definition) is 2. The first-order valence-corrected chi connectivity index (χ1v) is 7.44. The van der Waals surface area contributed by atoms with E-state index in [1.165, 1.54) is 0 Å². The van der Waals surface area contributed by atoms with Crippen LogP contribution >= 0.6 is 27.7 Å². The Balaban J connectivity index is 2.35. The summed E-state index contributed by atoms with van der Waals surface area (Å²) in [5.74, 6) is 1.04. The standard InChI is InChI=1S/C13H18BrNOS/c1-9(2)10(3)15-13(16)8-17-12-6-4-11(14)5-7-12/h4-7,9-10H,8H2,1-3H3,(H,15,16). The van der Waals surface area contributed by atoms with Gasteiger partial charge in [-0.05, 0) is 37.1 Å². The lowest BCUT2D eigenvalue weighted by molar-refractivity contribution is -0.119. The van der Waals surface area contributed by atoms with Crippen LogP contribution in [-0.4, -0.2) is 17.7 Å². The molecule has 0 aliphatic rings. The van der Waals surface area contributed by atoms with Crippen LogP contribution in [0.3, 0.4) is 0 Å². The normalized spacial score (nSPS) is 12.5. The number of halogens is 1. The van der Waals surface area contributed by atoms with E-state index in [9.17, 15) is 4.79 Å². The highest BCUT2D eigenvalue weighted by atomic mass is 79.9. The Bertz CT molecular complexity index is 364. The van der Waals surface area contributed by atoms with E-state index in [0.29, 0.717) is 11.7 Å². The van der Waals surface area contributed by atoms with Crippen LogP contribution in [0.4, 0.5) is 0 Å². The fourth-order valence-electron chi connectivity index (χ4n) is 1.14. The minimum atomic E-state index is 0.0964. The van der Waals surface area contributed by atoms with E-state index < -0.39 is 0 Å². The van der Waals surface area contributed by atoms with Crippen molar-refractivity contribution in [3.8, 4) is 0 Å². The summed E-state index contributed by atoms with van der Waals surface area (Å²) in [5, 5.41) is 2.99. The molecule has 0 bridgehead atoms. The van der Waals surface area contributed by atoms with Gasteiger partial charge in [-0.2, -0.15) is 0 Å². The van der Waals surface area contributed by atoms with Gasteiger partial charge < -0.3 is 5.32 Å². The molecule has 1 aromatic carbocycles. The monoisotopic (exact) mass is 315 g/mol. The van der Waals surface area contributed by atoms with E-state index in [0.717, 1.165) is 9.37 Å². The lowest BCUT2D eigenvalue weighted by atomic mass is 10.1. The molecule has 2 nitrogen and oxygen atoms in total. The summed E-state index contributed by atoms with van der Waals surface area (Å²) >= 11 is 4.94. The quantitative estimate of drug-likeness (QED) is 0.839. The Morgan fingerprint density at radius 1 is 1.29 bits per heavy atom. The molecule has 0 fully saturated rings. The van der Waals surface area contributed by atoms with Gasteiger partial charge in [0.2, 0.25) is 5.91 Å². The number of carbonyl (C=O) groups is 1. The molecule has 4 heteroatoms. The molecule has 1 amide bonds. The van der Waals surface area contributed by atoms with Crippen LogP contribution in [0.15, 0.2) is 33.6 Å². The Labute approximate surface area is 116 Å². The zero-order valence-electron chi connectivity index (χ0n) is 10.4. The van der Waals surface area contributed by atoms with Crippen LogP contribution in [0.1, 0.15) is 20.8 Å². The molecule has 0 radical (unpaired) electrons. The van der Waals surface area contributed by atoms with Gasteiger partial charge in [0.25, 0.3) is 0 Å². The van der Waals surface area contributed by atoms with Crippen molar-refractivity contribution < 1.29 is 4.79 Å². The fraction of sp³-hybridized carbons (Fsp3) is 0.462. The molecule has 0 heterocycles. The van der Waals surface area contributed by atoms with Crippen molar-refractivity contribution in [2.45, 2.75) is 31.7 Å². The summed E-state index contributed by atoms with van der Waals surface area (Å²) in [6, 6.07) is 8.21. The SMILES string of the molecule is CC(C)C(C)NC(=O)CSc1ccc(Br)cc1. The van der Waals surface area contributed by atoms with Gasteiger partial charge in [-0.25, -0.2) is 0 Å². The van der Waals surface area contributed by atoms with Crippen LogP contribution in [0.2, 0.25) is 0 Å². The molecule has 1 atom stereocenters. The predicted molar refractivity (Wildman–Crippen MR) is 77.3 cm³/mol. The van der Waals surface area contributed by atoms with Gasteiger partial charge in [0.15, 0.2) is 0 Å². The third-order valence-corrected chi connectivity index (χ3v) is 4.11. The smallest absolute Gasteiger partial charge is 0.230 e. The number of benzene rings is 1. The highest BCUT2D eigenvalue weighted by Crippen LogP contribution is 2.20. The molecule has 1 aromatic rings. The molecule has 1 N–H and O–H groups in total. The van der Waals surface area contributed by atoms with Crippen LogP contribution in [0.5, 0.6) is 0 Å². The van der Waals surface area contributed by atoms with Gasteiger partial charge in [-0.3, -0.25) is 4.79 Å². The summed E-state index contributed by atoms with van der Waals surface area (Å²) in [5.41, 5.74) is 0. The van der Waals surface area contributed by atoms with Crippen molar-refractivity contribution in [2.75, 3.05) is 5.75 Å². The van der Waals surface area contributed by atoms with E-state index in [1.807, 2.05) is 31.2 Å². The van der Waals surface area contributed by atoms with Gasteiger partial charge in [0.05, 0.1) is 5.75 Å². The molecule has 17 heavy (non-hydrogen) atoms. The Morgan fingerprint density at radius 3 is 2.41 bits per heavy atom. The van der Waals surface area contributed by atoms with Gasteiger partial charge in [0.1, 0.15) is 0 Å². The molecule has 0 spiro atoms. The van der Waals surface area contributed by atoms with Crippen LogP contribution in [0, 0.1) is 5.92 Å². The van der Waals surface area contributed by atoms with E-state index in [-0.39, 0.29) is 11.9 Å². The van der Waals surface area contributed by atoms with Crippen molar-refractivity contribution in [3.63, 3.8) is 0 Å². The van der Waals surface area contributed by atoms with E-state index >= 15 is 0 Å². The number of carbonyl (C=O) groups excluding carboxylic acids is 1. The van der Waals surface area contributed by atoms with Crippen molar-refractivity contribution in [3.05, 3.63) is 28.7 Å². The molecule has 1 rings (SSSR count). The molecular weight excluding hydrogens is 298 g/mol. The molecule has 0 saturated heterocycles. The molecule has 1 unspecified atom stereocenters. The first-order valence-electron chi connectivity index (χ1n) is 5.66. The summed E-state index contributed by atoms with van der Waals surface area (Å²) < 4.78 is 1.06. The highest BCUT2D eigenvalue weighted by Gasteiger charge is 2.10. The number of hydrogen-bond donors (Lipinski definition) is 1. The first kappa shape index (κ1) is 14.6. The second-order valence-electron chi connectivity index (χ2n) is 4.34. The van der Waals surface area contributed by atoms with Crippen molar-refractivity contribution in [2.24, 2.45) is 5.92 Å². The van der Waals surface area contributed by atoms with E-state index in [4.69, 9.17) is 0 Å². The van der Waals surface area contributed by atoms with Crippen LogP contribution in [0.25, 0.3) is 0 Å². The first-order chi connectivity index (χ1) is 7.99. The van der Waals surface area contributed by atoms with Gasteiger partial charge in [0, 0.05) is 15.4 Å². The van der Waals surface area contributed by atoms with Gasteiger partial charge >= 0.3 is 0 Å². The zero-order valence-corrected chi connectivity index (χ0v) is 12.8. The fourth-order valence-corrected chi connectivity index (χ4v) is 2.12. The van der Waals surface area contributed by atoms with Gasteiger partial charge in [-0.15, -0.1) is 11.8 Å². The number of rotatable bonds is 5. The van der Waals surface area contributed by atoms with E-state index in [2.05, 4.69) is 35.1 Å². The van der Waals surface area contributed by atoms with Crippen LogP contribution in [-0.2, 0) is 4.79 Å². The summed E-state index contributed by atoms with van der Waals surface area (Å²) in [4.78, 5) is 12.8. The molecule has 0 aliphatic heterocycles. The Morgan fingerprint density at radius 2 is 1.88 bits per heavy atom. The second kappa shape index (κ2) is 7.07. The van der Waals surface area contributed by atoms with Crippen molar-refractivity contribution >= 4 is 33.6 Å². The third kappa shape index (κ3) is 5.59. The molecular formula is C13H18BrNOS. The van der Waals surface area contributed by atoms with Crippen molar-refractivity contribution in [1.82, 2.24) is 5.32 Å². The minimum Gasteiger partial charge on any atom is -0.353 e. The third-order valence-electron chi connectivity index (χ3n) is 2.57. The Hall–Kier alpha value is -0.480. The second-order valence-corrected chi connectivity index (χ2v) is 6.31. The summed E-state index contributed by atoms with van der Waals surface area (Å²) in [7, 11) is 0. The molecule has 0 aromatic heterocycles. The minimum absolute atomic E-state index is 0.0964. The number of thioether (sulfide) groups is 1. The van der Waals surface area contributed by atoms with Gasteiger partial charge in [-0.1, -0.05) is 29.8 Å². The predicted octanol–water partition coefficient (Wildman–Crippen LogP) is 3.70. The molecule has 0 saturated carbocycles. The van der Waals surface area contributed by atoms with E-state index in [1.54, 1.807) is 11.8 Å². The van der Waals surface area contributed by atoms with Crippen molar-refractivity contribution in [1.29, 1.82) is 0 Å². The zero-order chi connectivity index (χ0) is 12.8. The maximum atomic E-state index is 11.7. The summed E-state index contributed by atoms with van der Waals surface area (Å²) in [6.45, 7) is 6.24. The average molecular weight is 316 g/mol. The maximum absolute atomic E-state index is 11.7. The largest absolute Gasteiger partial charge is 0.353 e. The lowest BCUT2D eigenvalue weighted by Crippen LogP contribution is -2.37. The molecule has 94 valence electrons. The molecule has 0 aliphatic carbocycles.